The van der Waals surface area contributed by atoms with Crippen molar-refractivity contribution >= 4 is 16.9 Å². The molecule has 0 bridgehead atoms. The van der Waals surface area contributed by atoms with Crippen molar-refractivity contribution in [1.29, 1.82) is 5.26 Å². The van der Waals surface area contributed by atoms with Gasteiger partial charge in [0.15, 0.2) is 11.5 Å². The number of nitrogens with two attached hydrogens (primary N) is 1. The Morgan fingerprint density at radius 2 is 2.05 bits per heavy atom. The maximum Gasteiger partial charge on any atom is 0.170 e. The van der Waals surface area contributed by atoms with Gasteiger partial charge in [0.05, 0.1) is 23.2 Å². The number of anilines is 1. The first-order valence-corrected chi connectivity index (χ1v) is 6.24. The van der Waals surface area contributed by atoms with Crippen LogP contribution in [0, 0.1) is 11.3 Å². The molecule has 0 aliphatic rings. The number of aromatic nitrogens is 4. The fourth-order valence-corrected chi connectivity index (χ4v) is 1.93. The monoisotopic (exact) mass is 280 g/mol. The van der Waals surface area contributed by atoms with Gasteiger partial charge in [-0.3, -0.25) is 4.68 Å². The smallest absolute Gasteiger partial charge is 0.170 e. The van der Waals surface area contributed by atoms with Gasteiger partial charge in [-0.1, -0.05) is 0 Å². The summed E-state index contributed by atoms with van der Waals surface area (Å²) in [6, 6.07) is 8.88. The lowest BCUT2D eigenvalue weighted by molar-refractivity contribution is 0.296. The van der Waals surface area contributed by atoms with E-state index >= 15 is 0 Å². The van der Waals surface area contributed by atoms with Gasteiger partial charge in [-0.15, -0.1) is 0 Å². The minimum atomic E-state index is 0.192. The van der Waals surface area contributed by atoms with Gasteiger partial charge in [0.1, 0.15) is 18.2 Å². The van der Waals surface area contributed by atoms with Crippen molar-refractivity contribution in [3.63, 3.8) is 0 Å². The van der Waals surface area contributed by atoms with Crippen molar-refractivity contribution in [3.05, 3.63) is 41.9 Å². The summed E-state index contributed by atoms with van der Waals surface area (Å²) < 4.78 is 7.23. The number of aryl methyl sites for hydroxylation is 1. The molecule has 3 rings (SSSR count). The quantitative estimate of drug-likeness (QED) is 0.777. The van der Waals surface area contributed by atoms with E-state index in [-0.39, 0.29) is 6.61 Å². The fourth-order valence-electron chi connectivity index (χ4n) is 1.93. The number of nitriles is 1. The molecule has 0 saturated heterocycles. The van der Waals surface area contributed by atoms with Crippen molar-refractivity contribution < 1.29 is 4.74 Å². The van der Waals surface area contributed by atoms with Crippen LogP contribution in [0.5, 0.6) is 5.75 Å². The van der Waals surface area contributed by atoms with Gasteiger partial charge in [-0.2, -0.15) is 10.4 Å². The van der Waals surface area contributed by atoms with Crippen LogP contribution in [0.1, 0.15) is 11.4 Å². The average molecular weight is 280 g/mol. The van der Waals surface area contributed by atoms with Gasteiger partial charge in [-0.05, 0) is 24.3 Å². The minimum Gasteiger partial charge on any atom is -0.486 e. The van der Waals surface area contributed by atoms with Crippen LogP contribution in [0.15, 0.2) is 30.5 Å². The second-order valence-corrected chi connectivity index (χ2v) is 4.46. The van der Waals surface area contributed by atoms with E-state index in [4.69, 9.17) is 15.7 Å². The standard InChI is InChI=1S/C14H12N6O/c1-20-14-11(7-17-20)13(16)18-12(19-14)8-21-10-4-2-9(6-15)3-5-10/h2-5,7H,8H2,1H3,(H2,16,18,19). The van der Waals surface area contributed by atoms with Gasteiger partial charge in [0.2, 0.25) is 0 Å². The molecule has 0 fully saturated rings. The number of fused-ring (bicyclic) bond motifs is 1. The molecule has 0 atom stereocenters. The molecule has 2 aromatic heterocycles. The predicted molar refractivity (Wildman–Crippen MR) is 76.2 cm³/mol. The second-order valence-electron chi connectivity index (χ2n) is 4.46. The summed E-state index contributed by atoms with van der Waals surface area (Å²) in [7, 11) is 1.79. The third-order valence-electron chi connectivity index (χ3n) is 3.02. The van der Waals surface area contributed by atoms with E-state index in [1.54, 1.807) is 42.2 Å². The van der Waals surface area contributed by atoms with E-state index in [9.17, 15) is 0 Å². The summed E-state index contributed by atoms with van der Waals surface area (Å²) in [6.07, 6.45) is 1.63. The second kappa shape index (κ2) is 5.09. The molecular weight excluding hydrogens is 268 g/mol. The van der Waals surface area contributed by atoms with Crippen LogP contribution in [0.3, 0.4) is 0 Å². The summed E-state index contributed by atoms with van der Waals surface area (Å²) in [4.78, 5) is 8.58. The lowest BCUT2D eigenvalue weighted by Crippen LogP contribution is -2.06. The van der Waals surface area contributed by atoms with Gasteiger partial charge >= 0.3 is 0 Å². The van der Waals surface area contributed by atoms with E-state index in [2.05, 4.69) is 21.1 Å². The summed E-state index contributed by atoms with van der Waals surface area (Å²) in [5.74, 6) is 1.50. The van der Waals surface area contributed by atoms with Gasteiger partial charge in [-0.25, -0.2) is 9.97 Å². The van der Waals surface area contributed by atoms with Crippen LogP contribution in [0.2, 0.25) is 0 Å². The molecule has 0 amide bonds. The molecule has 7 nitrogen and oxygen atoms in total. The van der Waals surface area contributed by atoms with E-state index < -0.39 is 0 Å². The highest BCUT2D eigenvalue weighted by Crippen LogP contribution is 2.18. The number of ether oxygens (including phenoxy) is 1. The highest BCUT2D eigenvalue weighted by molar-refractivity contribution is 5.84. The third kappa shape index (κ3) is 2.47. The molecule has 2 heterocycles. The minimum absolute atomic E-state index is 0.192. The number of nitrogens with zero attached hydrogens (tertiary/aromatic N) is 5. The van der Waals surface area contributed by atoms with E-state index in [0.717, 1.165) is 5.39 Å². The van der Waals surface area contributed by atoms with Crippen LogP contribution < -0.4 is 10.5 Å². The SMILES string of the molecule is Cn1ncc2c(N)nc(COc3ccc(C#N)cc3)nc21. The van der Waals surface area contributed by atoms with Crippen LogP contribution in [-0.4, -0.2) is 19.7 Å². The van der Waals surface area contributed by atoms with Crippen LogP contribution in [0.25, 0.3) is 11.0 Å². The molecule has 21 heavy (non-hydrogen) atoms. The van der Waals surface area contributed by atoms with Gasteiger partial charge in [0, 0.05) is 7.05 Å². The molecule has 7 heteroatoms. The maximum atomic E-state index is 8.74. The Labute approximate surface area is 120 Å². The molecule has 0 aliphatic carbocycles. The lowest BCUT2D eigenvalue weighted by Gasteiger charge is -2.06. The fraction of sp³-hybridized carbons (Fsp3) is 0.143. The Hall–Kier alpha value is -3.14. The Morgan fingerprint density at radius 1 is 1.29 bits per heavy atom. The van der Waals surface area contributed by atoms with Crippen molar-refractivity contribution in [3.8, 4) is 11.8 Å². The third-order valence-corrected chi connectivity index (χ3v) is 3.02. The molecule has 2 N–H and O–H groups in total. The highest BCUT2D eigenvalue weighted by atomic mass is 16.5. The molecule has 0 aliphatic heterocycles. The number of benzene rings is 1. The molecule has 0 radical (unpaired) electrons. The average Bonchev–Trinajstić information content (AvgIpc) is 2.88. The lowest BCUT2D eigenvalue weighted by atomic mass is 10.2. The number of nitrogen functional groups attached to an aromatic ring is 1. The molecule has 0 saturated carbocycles. The van der Waals surface area contributed by atoms with Crippen LogP contribution in [-0.2, 0) is 13.7 Å². The molecular formula is C14H12N6O. The largest absolute Gasteiger partial charge is 0.486 e. The Morgan fingerprint density at radius 3 is 2.76 bits per heavy atom. The summed E-state index contributed by atoms with van der Waals surface area (Å²) in [5.41, 5.74) is 7.13. The van der Waals surface area contributed by atoms with Gasteiger partial charge in [0.25, 0.3) is 0 Å². The highest BCUT2D eigenvalue weighted by Gasteiger charge is 2.09. The van der Waals surface area contributed by atoms with E-state index in [0.29, 0.717) is 28.6 Å². The molecule has 0 spiro atoms. The number of hydrogen-bond donors (Lipinski definition) is 1. The maximum absolute atomic E-state index is 8.74. The normalized spacial score (nSPS) is 10.5. The van der Waals surface area contributed by atoms with E-state index in [1.807, 2.05) is 0 Å². The zero-order valence-electron chi connectivity index (χ0n) is 11.3. The zero-order valence-corrected chi connectivity index (χ0v) is 11.3. The molecule has 3 aromatic rings. The first-order valence-electron chi connectivity index (χ1n) is 6.24. The molecule has 104 valence electrons. The Kier molecular flexibility index (Phi) is 3.12. The van der Waals surface area contributed by atoms with Crippen molar-refractivity contribution in [1.82, 2.24) is 19.7 Å². The number of rotatable bonds is 3. The first kappa shape index (κ1) is 12.9. The molecule has 1 aromatic carbocycles. The summed E-state index contributed by atoms with van der Waals surface area (Å²) in [5, 5.41) is 13.6. The molecule has 0 unspecified atom stereocenters. The zero-order chi connectivity index (χ0) is 14.8. The van der Waals surface area contributed by atoms with Crippen LogP contribution in [0.4, 0.5) is 5.82 Å². The van der Waals surface area contributed by atoms with Crippen molar-refractivity contribution in [2.75, 3.05) is 5.73 Å². The topological polar surface area (TPSA) is 103 Å². The van der Waals surface area contributed by atoms with E-state index in [1.165, 1.54) is 0 Å². The van der Waals surface area contributed by atoms with Crippen molar-refractivity contribution in [2.45, 2.75) is 6.61 Å². The first-order chi connectivity index (χ1) is 10.2. The Balaban J connectivity index is 1.81. The van der Waals surface area contributed by atoms with Crippen LogP contribution >= 0.6 is 0 Å². The summed E-state index contributed by atoms with van der Waals surface area (Å²) >= 11 is 0. The predicted octanol–water partition coefficient (Wildman–Crippen LogP) is 1.40. The number of hydrogen-bond acceptors (Lipinski definition) is 6. The summed E-state index contributed by atoms with van der Waals surface area (Å²) in [6.45, 7) is 0.192. The Bertz CT molecular complexity index is 831. The van der Waals surface area contributed by atoms with Crippen molar-refractivity contribution in [2.24, 2.45) is 7.05 Å². The van der Waals surface area contributed by atoms with Gasteiger partial charge < -0.3 is 10.5 Å².